The number of hydrogen-bond donors (Lipinski definition) is 0. The van der Waals surface area contributed by atoms with Crippen molar-refractivity contribution < 1.29 is 13.2 Å². The summed E-state index contributed by atoms with van der Waals surface area (Å²) in [4.78, 5) is 3.60. The fourth-order valence-electron chi connectivity index (χ4n) is 1.69. The molecule has 0 N–H and O–H groups in total. The van der Waals surface area contributed by atoms with Gasteiger partial charge in [0.25, 0.3) is 0 Å². The second kappa shape index (κ2) is 4.89. The van der Waals surface area contributed by atoms with E-state index in [-0.39, 0.29) is 10.3 Å². The Balaban J connectivity index is 2.56. The topological polar surface area (TPSA) is 43.6 Å². The van der Waals surface area contributed by atoms with Crippen LogP contribution in [0.4, 0.5) is 13.2 Å². The van der Waals surface area contributed by atoms with E-state index in [1.54, 1.807) is 0 Å². The van der Waals surface area contributed by atoms with E-state index < -0.39 is 23.0 Å². The molecular formula is C11H9Cl2F3N4. The minimum Gasteiger partial charge on any atom is -0.316 e. The maximum Gasteiger partial charge on any atom is 0.343 e. The predicted molar refractivity (Wildman–Crippen MR) is 67.6 cm³/mol. The number of halogens is 5. The van der Waals surface area contributed by atoms with Gasteiger partial charge in [-0.2, -0.15) is 8.78 Å². The summed E-state index contributed by atoms with van der Waals surface area (Å²) in [5.74, 6) is -4.72. The standard InChI is InChI=1S/C11H9Cl2F3N4/c1-10(14,6-3-7(12)18-8(13)4-6)11(15,16)9-19-17-5-20(9)2/h3-5H,1-2H3/t10-/m0/s1. The smallest absolute Gasteiger partial charge is 0.316 e. The van der Waals surface area contributed by atoms with Crippen LogP contribution in [0.2, 0.25) is 10.3 Å². The zero-order valence-corrected chi connectivity index (χ0v) is 11.9. The SMILES string of the molecule is Cn1cnnc1C(F)(F)[C@@](C)(F)c1cc(Cl)nc(Cl)c1. The van der Waals surface area contributed by atoms with Crippen molar-refractivity contribution in [3.8, 4) is 0 Å². The van der Waals surface area contributed by atoms with Gasteiger partial charge in [0.05, 0.1) is 0 Å². The Kier molecular flexibility index (Phi) is 3.68. The van der Waals surface area contributed by atoms with Crippen LogP contribution in [0.25, 0.3) is 0 Å². The van der Waals surface area contributed by atoms with Gasteiger partial charge in [-0.3, -0.25) is 0 Å². The van der Waals surface area contributed by atoms with E-state index in [1.807, 2.05) is 0 Å². The lowest BCUT2D eigenvalue weighted by Gasteiger charge is -2.29. The number of aryl methyl sites for hydroxylation is 1. The molecule has 0 spiro atoms. The molecule has 20 heavy (non-hydrogen) atoms. The minimum atomic E-state index is -3.92. The van der Waals surface area contributed by atoms with Crippen molar-refractivity contribution in [2.45, 2.75) is 18.5 Å². The Labute approximate surface area is 122 Å². The Hall–Kier alpha value is -1.34. The van der Waals surface area contributed by atoms with Crippen LogP contribution in [-0.2, 0) is 18.6 Å². The first kappa shape index (κ1) is 15.1. The van der Waals surface area contributed by atoms with Crippen LogP contribution in [0, 0.1) is 0 Å². The van der Waals surface area contributed by atoms with Crippen LogP contribution >= 0.6 is 23.2 Å². The van der Waals surface area contributed by atoms with E-state index >= 15 is 0 Å². The van der Waals surface area contributed by atoms with Crippen LogP contribution in [0.15, 0.2) is 18.5 Å². The van der Waals surface area contributed by atoms with E-state index in [9.17, 15) is 13.2 Å². The molecule has 108 valence electrons. The number of aromatic nitrogens is 4. The van der Waals surface area contributed by atoms with Crippen molar-refractivity contribution in [2.75, 3.05) is 0 Å². The molecule has 0 unspecified atom stereocenters. The molecule has 0 aliphatic carbocycles. The average Bonchev–Trinajstić information content (AvgIpc) is 2.74. The van der Waals surface area contributed by atoms with Crippen molar-refractivity contribution in [3.63, 3.8) is 0 Å². The average molecular weight is 325 g/mol. The summed E-state index contributed by atoms with van der Waals surface area (Å²) in [5.41, 5.74) is -3.47. The maximum absolute atomic E-state index is 14.7. The van der Waals surface area contributed by atoms with Gasteiger partial charge in [0, 0.05) is 12.6 Å². The first-order valence-electron chi connectivity index (χ1n) is 5.41. The van der Waals surface area contributed by atoms with E-state index in [2.05, 4.69) is 15.2 Å². The predicted octanol–water partition coefficient (Wildman–Crippen LogP) is 3.49. The summed E-state index contributed by atoms with van der Waals surface area (Å²) < 4.78 is 44.4. The largest absolute Gasteiger partial charge is 0.343 e. The lowest BCUT2D eigenvalue weighted by molar-refractivity contribution is -0.149. The highest BCUT2D eigenvalue weighted by atomic mass is 35.5. The summed E-state index contributed by atoms with van der Waals surface area (Å²) in [6.45, 7) is 0.726. The van der Waals surface area contributed by atoms with Gasteiger partial charge in [-0.1, -0.05) is 23.2 Å². The monoisotopic (exact) mass is 324 g/mol. The van der Waals surface area contributed by atoms with Crippen LogP contribution in [0.5, 0.6) is 0 Å². The fraction of sp³-hybridized carbons (Fsp3) is 0.364. The van der Waals surface area contributed by atoms with Crippen LogP contribution in [0.1, 0.15) is 18.3 Å². The third-order valence-corrected chi connectivity index (χ3v) is 3.27. The summed E-state index contributed by atoms with van der Waals surface area (Å²) in [7, 11) is 1.30. The van der Waals surface area contributed by atoms with Crippen molar-refractivity contribution in [2.24, 2.45) is 7.05 Å². The van der Waals surface area contributed by atoms with E-state index in [4.69, 9.17) is 23.2 Å². The molecule has 0 radical (unpaired) electrons. The third-order valence-electron chi connectivity index (χ3n) is 2.89. The molecule has 0 aromatic carbocycles. The lowest BCUT2D eigenvalue weighted by Crippen LogP contribution is -2.39. The summed E-state index contributed by atoms with van der Waals surface area (Å²) in [5, 5.41) is 6.25. The van der Waals surface area contributed by atoms with Crippen molar-refractivity contribution in [3.05, 3.63) is 40.2 Å². The van der Waals surface area contributed by atoms with Gasteiger partial charge in [0.15, 0.2) is 0 Å². The molecule has 0 bridgehead atoms. The molecule has 1 atom stereocenters. The fourth-order valence-corrected chi connectivity index (χ4v) is 2.16. The Morgan fingerprint density at radius 3 is 2.15 bits per heavy atom. The second-order valence-electron chi connectivity index (χ2n) is 4.34. The second-order valence-corrected chi connectivity index (χ2v) is 5.12. The van der Waals surface area contributed by atoms with E-state index in [0.29, 0.717) is 0 Å². The highest BCUT2D eigenvalue weighted by Gasteiger charge is 2.57. The molecule has 0 aliphatic heterocycles. The molecule has 2 heterocycles. The van der Waals surface area contributed by atoms with Gasteiger partial charge in [0.1, 0.15) is 16.6 Å². The van der Waals surface area contributed by atoms with Crippen molar-refractivity contribution >= 4 is 23.2 Å². The molecule has 0 amide bonds. The van der Waals surface area contributed by atoms with Gasteiger partial charge in [0.2, 0.25) is 11.5 Å². The molecule has 9 heteroatoms. The maximum atomic E-state index is 14.7. The number of alkyl halides is 3. The lowest BCUT2D eigenvalue weighted by atomic mass is 9.91. The summed E-state index contributed by atoms with van der Waals surface area (Å²) in [6, 6.07) is 2.00. The first-order chi connectivity index (χ1) is 9.16. The van der Waals surface area contributed by atoms with Crippen molar-refractivity contribution in [1.29, 1.82) is 0 Å². The molecule has 2 aromatic rings. The van der Waals surface area contributed by atoms with E-state index in [1.165, 1.54) is 7.05 Å². The Morgan fingerprint density at radius 1 is 1.15 bits per heavy atom. The minimum absolute atomic E-state index is 0.176. The van der Waals surface area contributed by atoms with Crippen LogP contribution in [-0.4, -0.2) is 19.7 Å². The molecule has 0 saturated heterocycles. The molecular weight excluding hydrogens is 316 g/mol. The van der Waals surface area contributed by atoms with Crippen LogP contribution < -0.4 is 0 Å². The number of hydrogen-bond acceptors (Lipinski definition) is 3. The van der Waals surface area contributed by atoms with E-state index in [0.717, 1.165) is 30.0 Å². The van der Waals surface area contributed by atoms with Gasteiger partial charge in [-0.15, -0.1) is 10.2 Å². The van der Waals surface area contributed by atoms with Gasteiger partial charge >= 0.3 is 5.92 Å². The van der Waals surface area contributed by atoms with Gasteiger partial charge in [-0.05, 0) is 19.1 Å². The van der Waals surface area contributed by atoms with Gasteiger partial charge < -0.3 is 4.57 Å². The van der Waals surface area contributed by atoms with Crippen molar-refractivity contribution in [1.82, 2.24) is 19.7 Å². The molecule has 0 fully saturated rings. The molecule has 0 saturated carbocycles. The molecule has 4 nitrogen and oxygen atoms in total. The Morgan fingerprint density at radius 2 is 1.70 bits per heavy atom. The van der Waals surface area contributed by atoms with Gasteiger partial charge in [-0.25, -0.2) is 9.37 Å². The molecule has 0 aliphatic rings. The summed E-state index contributed by atoms with van der Waals surface area (Å²) >= 11 is 11.2. The quantitative estimate of drug-likeness (QED) is 0.812. The zero-order chi connectivity index (χ0) is 15.1. The number of pyridine rings is 1. The first-order valence-corrected chi connectivity index (χ1v) is 6.16. The number of rotatable bonds is 3. The highest BCUT2D eigenvalue weighted by Crippen LogP contribution is 2.47. The molecule has 2 aromatic heterocycles. The summed E-state index contributed by atoms with van der Waals surface area (Å²) in [6.07, 6.45) is 1.06. The third kappa shape index (κ3) is 2.35. The normalized spacial score (nSPS) is 15.2. The zero-order valence-electron chi connectivity index (χ0n) is 10.4. The van der Waals surface area contributed by atoms with Crippen LogP contribution in [0.3, 0.4) is 0 Å². The molecule has 2 rings (SSSR count). The number of nitrogens with zero attached hydrogens (tertiary/aromatic N) is 4. The highest BCUT2D eigenvalue weighted by molar-refractivity contribution is 6.32. The Bertz CT molecular complexity index is 622.